The average Bonchev–Trinajstić information content (AvgIpc) is 2.59. The Hall–Kier alpha value is -2.24. The van der Waals surface area contributed by atoms with Crippen molar-refractivity contribution < 1.29 is 9.53 Å². The normalized spacial score (nSPS) is 11.8. The van der Waals surface area contributed by atoms with Gasteiger partial charge in [0.05, 0.1) is 19.1 Å². The van der Waals surface area contributed by atoms with Crippen LogP contribution >= 0.6 is 0 Å². The monoisotopic (exact) mass is 334 g/mol. The van der Waals surface area contributed by atoms with Gasteiger partial charge in [0, 0.05) is 20.1 Å². The number of amides is 1. The molecule has 0 aliphatic rings. The van der Waals surface area contributed by atoms with Crippen molar-refractivity contribution in [1.82, 2.24) is 16.0 Å². The fraction of sp³-hybridized carbons (Fsp3) is 0.556. The number of benzene rings is 1. The van der Waals surface area contributed by atoms with E-state index in [0.717, 1.165) is 31.2 Å². The Morgan fingerprint density at radius 2 is 1.88 bits per heavy atom. The molecule has 1 aromatic rings. The maximum Gasteiger partial charge on any atom is 0.227 e. The lowest BCUT2D eigenvalue weighted by Gasteiger charge is -2.21. The Bertz CT molecular complexity index is 538. The van der Waals surface area contributed by atoms with Crippen LogP contribution in [0.3, 0.4) is 0 Å². The quantitative estimate of drug-likeness (QED) is 0.498. The van der Waals surface area contributed by atoms with Crippen LogP contribution in [0.1, 0.15) is 26.3 Å². The van der Waals surface area contributed by atoms with E-state index < -0.39 is 5.41 Å². The van der Waals surface area contributed by atoms with Crippen molar-refractivity contribution in [3.05, 3.63) is 29.8 Å². The number of hydrogen-bond acceptors (Lipinski definition) is 3. The van der Waals surface area contributed by atoms with E-state index >= 15 is 0 Å². The van der Waals surface area contributed by atoms with Gasteiger partial charge in [-0.3, -0.25) is 9.79 Å². The van der Waals surface area contributed by atoms with Gasteiger partial charge in [-0.15, -0.1) is 0 Å². The summed E-state index contributed by atoms with van der Waals surface area (Å²) in [6.45, 7) is 7.74. The summed E-state index contributed by atoms with van der Waals surface area (Å²) in [6, 6.07) is 8.03. The smallest absolute Gasteiger partial charge is 0.227 e. The third-order valence-corrected chi connectivity index (χ3v) is 3.68. The molecule has 0 aliphatic heterocycles. The number of carbonyl (C=O) groups is 1. The van der Waals surface area contributed by atoms with Gasteiger partial charge in [0.1, 0.15) is 5.75 Å². The van der Waals surface area contributed by atoms with Crippen molar-refractivity contribution in [2.24, 2.45) is 10.4 Å². The molecule has 1 aromatic carbocycles. The fourth-order valence-electron chi connectivity index (χ4n) is 2.15. The lowest BCUT2D eigenvalue weighted by Crippen LogP contribution is -2.41. The van der Waals surface area contributed by atoms with Crippen LogP contribution in [0.5, 0.6) is 5.75 Å². The molecular weight excluding hydrogens is 304 g/mol. The highest BCUT2D eigenvalue weighted by Crippen LogP contribution is 2.15. The molecule has 0 aliphatic carbocycles. The number of aliphatic imine (C=N–C) groups is 1. The summed E-state index contributed by atoms with van der Waals surface area (Å²) in [5.74, 6) is 1.57. The molecule has 0 saturated carbocycles. The fourth-order valence-corrected chi connectivity index (χ4v) is 2.15. The zero-order valence-corrected chi connectivity index (χ0v) is 15.4. The number of guanidine groups is 1. The minimum atomic E-state index is -0.535. The second-order valence-corrected chi connectivity index (χ2v) is 6.18. The van der Waals surface area contributed by atoms with Crippen LogP contribution in [-0.2, 0) is 11.2 Å². The van der Waals surface area contributed by atoms with Crippen molar-refractivity contribution in [2.75, 3.05) is 33.8 Å². The molecule has 3 N–H and O–H groups in total. The first-order valence-corrected chi connectivity index (χ1v) is 8.30. The van der Waals surface area contributed by atoms with E-state index in [1.165, 1.54) is 5.56 Å². The molecule has 0 heterocycles. The zero-order chi connectivity index (χ0) is 18.0. The topological polar surface area (TPSA) is 74.8 Å². The number of nitrogens with one attached hydrogen (secondary N) is 3. The lowest BCUT2D eigenvalue weighted by atomic mass is 9.93. The molecule has 0 bridgehead atoms. The van der Waals surface area contributed by atoms with Gasteiger partial charge in [-0.05, 0) is 44.9 Å². The summed E-state index contributed by atoms with van der Waals surface area (Å²) in [4.78, 5) is 16.4. The summed E-state index contributed by atoms with van der Waals surface area (Å²) in [5.41, 5.74) is 0.692. The second kappa shape index (κ2) is 9.80. The first kappa shape index (κ1) is 19.8. The molecule has 0 aromatic heterocycles. The van der Waals surface area contributed by atoms with E-state index in [1.54, 1.807) is 14.2 Å². The molecule has 0 radical (unpaired) electrons. The number of hydrogen-bond donors (Lipinski definition) is 3. The standard InChI is InChI=1S/C18H30N4O2/c1-6-20-17(22-13-18(2,3)16(23)19-4)21-12-11-14-7-9-15(24-5)10-8-14/h7-10H,6,11-13H2,1-5H3,(H,19,23)(H2,20,21,22). The molecule has 6 heteroatoms. The first-order chi connectivity index (χ1) is 11.4. The van der Waals surface area contributed by atoms with E-state index in [0.29, 0.717) is 6.54 Å². The molecule has 1 rings (SSSR count). The van der Waals surface area contributed by atoms with Crippen molar-refractivity contribution in [3.63, 3.8) is 0 Å². The van der Waals surface area contributed by atoms with Crippen LogP contribution in [0.4, 0.5) is 0 Å². The van der Waals surface area contributed by atoms with E-state index in [2.05, 4.69) is 33.1 Å². The Kier molecular flexibility index (Phi) is 8.09. The molecular formula is C18H30N4O2. The molecule has 0 atom stereocenters. The Labute approximate surface area is 145 Å². The maximum absolute atomic E-state index is 11.8. The summed E-state index contributed by atoms with van der Waals surface area (Å²) >= 11 is 0. The predicted molar refractivity (Wildman–Crippen MR) is 98.5 cm³/mol. The minimum absolute atomic E-state index is 0.0136. The van der Waals surface area contributed by atoms with Crippen molar-refractivity contribution in [3.8, 4) is 5.75 Å². The highest BCUT2D eigenvalue weighted by atomic mass is 16.5. The van der Waals surface area contributed by atoms with E-state index in [9.17, 15) is 4.79 Å². The molecule has 0 unspecified atom stereocenters. The summed E-state index contributed by atoms with van der Waals surface area (Å²) in [7, 11) is 3.31. The largest absolute Gasteiger partial charge is 0.497 e. The van der Waals surface area contributed by atoms with Gasteiger partial charge in [-0.2, -0.15) is 0 Å². The van der Waals surface area contributed by atoms with Crippen molar-refractivity contribution >= 4 is 11.9 Å². The van der Waals surface area contributed by atoms with Crippen LogP contribution in [0.25, 0.3) is 0 Å². The first-order valence-electron chi connectivity index (χ1n) is 8.30. The van der Waals surface area contributed by atoms with Crippen molar-refractivity contribution in [2.45, 2.75) is 27.2 Å². The Morgan fingerprint density at radius 1 is 1.21 bits per heavy atom. The third kappa shape index (κ3) is 6.48. The van der Waals surface area contributed by atoms with E-state index in [-0.39, 0.29) is 5.91 Å². The molecule has 24 heavy (non-hydrogen) atoms. The molecule has 0 saturated heterocycles. The Morgan fingerprint density at radius 3 is 2.42 bits per heavy atom. The van der Waals surface area contributed by atoms with Crippen LogP contribution in [0.15, 0.2) is 29.3 Å². The van der Waals surface area contributed by atoms with Gasteiger partial charge in [-0.1, -0.05) is 12.1 Å². The molecule has 134 valence electrons. The van der Waals surface area contributed by atoms with Crippen LogP contribution < -0.4 is 20.7 Å². The maximum atomic E-state index is 11.8. The van der Waals surface area contributed by atoms with Crippen molar-refractivity contribution in [1.29, 1.82) is 0 Å². The van der Waals surface area contributed by atoms with Crippen LogP contribution in [0.2, 0.25) is 0 Å². The SMILES string of the molecule is CCNC(=NCC(C)(C)C(=O)NC)NCCc1ccc(OC)cc1. The van der Waals surface area contributed by atoms with Gasteiger partial charge < -0.3 is 20.7 Å². The third-order valence-electron chi connectivity index (χ3n) is 3.68. The molecule has 6 nitrogen and oxygen atoms in total. The summed E-state index contributed by atoms with van der Waals surface area (Å²) in [5, 5.41) is 9.18. The van der Waals surface area contributed by atoms with Crippen LogP contribution in [-0.4, -0.2) is 45.7 Å². The summed E-state index contributed by atoms with van der Waals surface area (Å²) in [6.07, 6.45) is 0.882. The van der Waals surface area contributed by atoms with Gasteiger partial charge in [0.25, 0.3) is 0 Å². The number of carbonyl (C=O) groups excluding carboxylic acids is 1. The Balaban J connectivity index is 2.55. The molecule has 0 spiro atoms. The summed E-state index contributed by atoms with van der Waals surface area (Å²) < 4.78 is 5.16. The van der Waals surface area contributed by atoms with Gasteiger partial charge in [0.15, 0.2) is 5.96 Å². The predicted octanol–water partition coefficient (Wildman–Crippen LogP) is 1.57. The minimum Gasteiger partial charge on any atom is -0.497 e. The van der Waals surface area contributed by atoms with Crippen LogP contribution in [0, 0.1) is 5.41 Å². The second-order valence-electron chi connectivity index (χ2n) is 6.18. The zero-order valence-electron chi connectivity index (χ0n) is 15.4. The van der Waals surface area contributed by atoms with Gasteiger partial charge >= 0.3 is 0 Å². The highest BCUT2D eigenvalue weighted by molar-refractivity contribution is 5.83. The van der Waals surface area contributed by atoms with Gasteiger partial charge in [-0.25, -0.2) is 0 Å². The van der Waals surface area contributed by atoms with E-state index in [4.69, 9.17) is 4.74 Å². The highest BCUT2D eigenvalue weighted by Gasteiger charge is 2.26. The lowest BCUT2D eigenvalue weighted by molar-refractivity contribution is -0.128. The average molecular weight is 334 g/mol. The number of methoxy groups -OCH3 is 1. The number of ether oxygens (including phenoxy) is 1. The number of nitrogens with zero attached hydrogens (tertiary/aromatic N) is 1. The molecule has 1 amide bonds. The number of rotatable bonds is 8. The van der Waals surface area contributed by atoms with E-state index in [1.807, 2.05) is 32.9 Å². The molecule has 0 fully saturated rings. The van der Waals surface area contributed by atoms with Gasteiger partial charge in [0.2, 0.25) is 5.91 Å².